The molecule has 7 nitrogen and oxygen atoms in total. The van der Waals surface area contributed by atoms with E-state index in [9.17, 15) is 14.0 Å². The Kier molecular flexibility index (Phi) is 7.49. The number of piperazine rings is 1. The fourth-order valence-corrected chi connectivity index (χ4v) is 6.28. The minimum absolute atomic E-state index is 0.0179. The van der Waals surface area contributed by atoms with Gasteiger partial charge in [-0.2, -0.15) is 0 Å². The number of hydrogen-bond acceptors (Lipinski definition) is 5. The topological polar surface area (TPSA) is 73.9 Å². The van der Waals surface area contributed by atoms with Crippen molar-refractivity contribution in [2.75, 3.05) is 39.9 Å². The number of nitrogens with zero attached hydrogens (tertiary/aromatic N) is 2. The summed E-state index contributed by atoms with van der Waals surface area (Å²) in [5.41, 5.74) is 0. The summed E-state index contributed by atoms with van der Waals surface area (Å²) < 4.78 is 19.3. The van der Waals surface area contributed by atoms with Crippen molar-refractivity contribution in [2.24, 2.45) is 11.8 Å². The van der Waals surface area contributed by atoms with E-state index in [2.05, 4.69) is 22.5 Å². The van der Waals surface area contributed by atoms with Gasteiger partial charge < -0.3 is 20.3 Å². The Balaban J connectivity index is 1.25. The van der Waals surface area contributed by atoms with Crippen molar-refractivity contribution in [3.8, 4) is 0 Å². The van der Waals surface area contributed by atoms with E-state index in [1.54, 1.807) is 7.11 Å². The van der Waals surface area contributed by atoms with Crippen LogP contribution in [0.5, 0.6) is 0 Å². The predicted octanol–water partition coefficient (Wildman–Crippen LogP) is 1.32. The number of nitrogens with one attached hydrogen (secondary N) is 2. The van der Waals surface area contributed by atoms with Crippen molar-refractivity contribution in [3.05, 3.63) is 0 Å². The molecule has 0 aromatic carbocycles. The molecule has 31 heavy (non-hydrogen) atoms. The second-order valence-corrected chi connectivity index (χ2v) is 10.1. The molecule has 4 fully saturated rings. The number of amides is 2. The van der Waals surface area contributed by atoms with Crippen molar-refractivity contribution in [2.45, 2.75) is 82.2 Å². The molecule has 4 aliphatic rings. The van der Waals surface area contributed by atoms with Gasteiger partial charge in [0.15, 0.2) is 0 Å². The van der Waals surface area contributed by atoms with Crippen LogP contribution in [-0.4, -0.2) is 91.8 Å². The third-order valence-electron chi connectivity index (χ3n) is 8.10. The van der Waals surface area contributed by atoms with E-state index >= 15 is 0 Å². The molecule has 7 atom stereocenters. The lowest BCUT2D eigenvalue weighted by Crippen LogP contribution is -2.55. The van der Waals surface area contributed by atoms with Gasteiger partial charge in [0.2, 0.25) is 11.8 Å². The van der Waals surface area contributed by atoms with Crippen LogP contribution in [0.4, 0.5) is 4.39 Å². The van der Waals surface area contributed by atoms with Crippen LogP contribution in [0.3, 0.4) is 0 Å². The molecule has 2 aliphatic carbocycles. The van der Waals surface area contributed by atoms with Crippen LogP contribution in [0.2, 0.25) is 0 Å². The number of methoxy groups -OCH3 is 1. The average Bonchev–Trinajstić information content (AvgIpc) is 3.24. The minimum Gasteiger partial charge on any atom is -0.375 e. The van der Waals surface area contributed by atoms with Gasteiger partial charge in [0.25, 0.3) is 0 Å². The summed E-state index contributed by atoms with van der Waals surface area (Å²) in [6, 6.07) is 0.510. The van der Waals surface area contributed by atoms with Gasteiger partial charge in [-0.25, -0.2) is 4.39 Å². The Morgan fingerprint density at radius 1 is 1.10 bits per heavy atom. The number of halogens is 1. The van der Waals surface area contributed by atoms with Gasteiger partial charge >= 0.3 is 0 Å². The molecule has 2 heterocycles. The number of fused-ring (bicyclic) bond motifs is 1. The number of hydrogen-bond donors (Lipinski definition) is 2. The van der Waals surface area contributed by atoms with Crippen molar-refractivity contribution in [3.63, 3.8) is 0 Å². The largest absolute Gasteiger partial charge is 0.375 e. The first-order valence-electron chi connectivity index (χ1n) is 12.2. The summed E-state index contributed by atoms with van der Waals surface area (Å²) in [4.78, 5) is 29.3. The third-order valence-corrected chi connectivity index (χ3v) is 8.10. The minimum atomic E-state index is -0.778. The molecule has 176 valence electrons. The summed E-state index contributed by atoms with van der Waals surface area (Å²) in [6.07, 6.45) is 5.59. The highest BCUT2D eigenvalue weighted by Gasteiger charge is 2.46. The van der Waals surface area contributed by atoms with Crippen LogP contribution < -0.4 is 10.6 Å². The highest BCUT2D eigenvalue weighted by Crippen LogP contribution is 2.38. The number of rotatable bonds is 5. The molecular formula is C23H39FN4O3. The van der Waals surface area contributed by atoms with Crippen LogP contribution >= 0.6 is 0 Å². The first kappa shape index (κ1) is 22.9. The fourth-order valence-electron chi connectivity index (χ4n) is 6.28. The van der Waals surface area contributed by atoms with E-state index in [0.29, 0.717) is 24.8 Å². The van der Waals surface area contributed by atoms with Crippen molar-refractivity contribution < 1.29 is 18.7 Å². The van der Waals surface area contributed by atoms with Crippen molar-refractivity contribution >= 4 is 11.8 Å². The lowest BCUT2D eigenvalue weighted by molar-refractivity contribution is -0.137. The van der Waals surface area contributed by atoms with Crippen molar-refractivity contribution in [1.29, 1.82) is 0 Å². The van der Waals surface area contributed by atoms with Gasteiger partial charge in [0, 0.05) is 57.3 Å². The lowest BCUT2D eigenvalue weighted by atomic mass is 9.77. The number of carbonyl (C=O) groups excluding carboxylic acids is 2. The molecule has 2 amide bonds. The zero-order valence-corrected chi connectivity index (χ0v) is 19.0. The molecule has 2 aliphatic heterocycles. The Morgan fingerprint density at radius 2 is 1.87 bits per heavy atom. The first-order chi connectivity index (χ1) is 15.0. The van der Waals surface area contributed by atoms with E-state index in [1.165, 1.54) is 0 Å². The number of ether oxygens (including phenoxy) is 1. The lowest BCUT2D eigenvalue weighted by Gasteiger charge is -2.42. The van der Waals surface area contributed by atoms with E-state index < -0.39 is 6.17 Å². The van der Waals surface area contributed by atoms with Gasteiger partial charge in [-0.3, -0.25) is 14.5 Å². The zero-order valence-electron chi connectivity index (χ0n) is 19.0. The highest BCUT2D eigenvalue weighted by atomic mass is 19.1. The summed E-state index contributed by atoms with van der Waals surface area (Å²) in [5.74, 6) is 0.527. The van der Waals surface area contributed by atoms with E-state index in [-0.39, 0.29) is 42.5 Å². The zero-order chi connectivity index (χ0) is 22.0. The van der Waals surface area contributed by atoms with E-state index in [1.807, 2.05) is 4.90 Å². The normalized spacial score (nSPS) is 39.2. The SMILES string of the molecule is COCC(=O)N1CCN([C@@H]2CCC[C@@H](NC(=O)C3CC4C(F)CCC(C)C4N3)C2)CC1. The highest BCUT2D eigenvalue weighted by molar-refractivity contribution is 5.82. The van der Waals surface area contributed by atoms with Crippen LogP contribution in [0, 0.1) is 11.8 Å². The molecule has 0 aromatic heterocycles. The van der Waals surface area contributed by atoms with Crippen LogP contribution in [0.25, 0.3) is 0 Å². The molecule has 2 N–H and O–H groups in total. The molecule has 8 heteroatoms. The van der Waals surface area contributed by atoms with Crippen LogP contribution in [0.15, 0.2) is 0 Å². The fraction of sp³-hybridized carbons (Fsp3) is 0.913. The number of alkyl halides is 1. The van der Waals surface area contributed by atoms with Crippen molar-refractivity contribution in [1.82, 2.24) is 20.4 Å². The van der Waals surface area contributed by atoms with E-state index in [0.717, 1.165) is 58.3 Å². The van der Waals surface area contributed by atoms with Gasteiger partial charge in [-0.05, 0) is 50.9 Å². The quantitative estimate of drug-likeness (QED) is 0.677. The molecule has 4 rings (SSSR count). The molecule has 0 aromatic rings. The number of carbonyl (C=O) groups is 2. The molecule has 0 bridgehead atoms. The predicted molar refractivity (Wildman–Crippen MR) is 116 cm³/mol. The van der Waals surface area contributed by atoms with E-state index in [4.69, 9.17) is 4.74 Å². The molecule has 0 radical (unpaired) electrons. The maximum Gasteiger partial charge on any atom is 0.248 e. The summed E-state index contributed by atoms with van der Waals surface area (Å²) in [6.45, 7) is 5.57. The Hall–Kier alpha value is -1.25. The summed E-state index contributed by atoms with van der Waals surface area (Å²) >= 11 is 0. The molecular weight excluding hydrogens is 399 g/mol. The van der Waals surface area contributed by atoms with Crippen LogP contribution in [0.1, 0.15) is 51.9 Å². The van der Waals surface area contributed by atoms with Gasteiger partial charge in [0.05, 0.1) is 6.04 Å². The Morgan fingerprint density at radius 3 is 2.58 bits per heavy atom. The third kappa shape index (κ3) is 5.22. The second-order valence-electron chi connectivity index (χ2n) is 10.1. The molecule has 2 saturated carbocycles. The summed E-state index contributed by atoms with van der Waals surface area (Å²) in [7, 11) is 1.55. The summed E-state index contributed by atoms with van der Waals surface area (Å²) in [5, 5.41) is 6.73. The van der Waals surface area contributed by atoms with Crippen LogP contribution in [-0.2, 0) is 14.3 Å². The average molecular weight is 439 g/mol. The maximum absolute atomic E-state index is 14.4. The molecule has 2 saturated heterocycles. The molecule has 0 spiro atoms. The maximum atomic E-state index is 14.4. The smallest absolute Gasteiger partial charge is 0.248 e. The van der Waals surface area contributed by atoms with Gasteiger partial charge in [0.1, 0.15) is 12.8 Å². The monoisotopic (exact) mass is 438 g/mol. The molecule has 5 unspecified atom stereocenters. The van der Waals surface area contributed by atoms with Gasteiger partial charge in [-0.1, -0.05) is 6.92 Å². The Labute approximate surface area is 185 Å². The standard InChI is InChI=1S/C23H39FN4O3/c1-15-6-7-19(24)18-13-20(26-22(15)18)23(30)25-16-4-3-5-17(12-16)27-8-10-28(11-9-27)21(29)14-31-2/h15-20,22,26H,3-14H2,1-2H3,(H,25,30)/t15?,16-,17-,18?,19?,20?,22?/m1/s1. The first-order valence-corrected chi connectivity index (χ1v) is 12.2. The second kappa shape index (κ2) is 10.1. The Bertz CT molecular complexity index is 624. The van der Waals surface area contributed by atoms with Gasteiger partial charge in [-0.15, -0.1) is 0 Å².